The van der Waals surface area contributed by atoms with E-state index in [1.165, 1.54) is 0 Å². The number of fused-ring (bicyclic) bond motifs is 1. The summed E-state index contributed by atoms with van der Waals surface area (Å²) < 4.78 is 5.34. The quantitative estimate of drug-likeness (QED) is 0.551. The number of carbonyl (C=O) groups excluding carboxylic acids is 4. The van der Waals surface area contributed by atoms with Crippen LogP contribution in [0.5, 0.6) is 5.75 Å². The summed E-state index contributed by atoms with van der Waals surface area (Å²) >= 11 is 0. The number of imide groups is 1. The Balaban J connectivity index is 1.52. The number of anilines is 1. The number of rotatable bonds is 6. The molecule has 2 N–H and O–H groups in total. The molecule has 2 heterocycles. The van der Waals surface area contributed by atoms with Gasteiger partial charge < -0.3 is 15.4 Å². The first-order valence-electron chi connectivity index (χ1n) is 9.97. The van der Waals surface area contributed by atoms with Crippen molar-refractivity contribution in [2.24, 2.45) is 0 Å². The Morgan fingerprint density at radius 3 is 2.65 bits per heavy atom. The fraction of sp³-hybridized carbons (Fsp3) is 0.304. The van der Waals surface area contributed by atoms with Gasteiger partial charge in [-0.25, -0.2) is 4.79 Å². The van der Waals surface area contributed by atoms with Crippen molar-refractivity contribution in [3.05, 3.63) is 59.2 Å². The van der Waals surface area contributed by atoms with Gasteiger partial charge in [-0.1, -0.05) is 18.2 Å². The molecule has 160 valence electrons. The summed E-state index contributed by atoms with van der Waals surface area (Å²) in [4.78, 5) is 51.3. The van der Waals surface area contributed by atoms with Gasteiger partial charge in [-0.3, -0.25) is 19.3 Å². The van der Waals surface area contributed by atoms with Gasteiger partial charge in [0.05, 0.1) is 19.6 Å². The number of urea groups is 1. The zero-order valence-corrected chi connectivity index (χ0v) is 17.5. The molecule has 4 rings (SSSR count). The molecular weight excluding hydrogens is 398 g/mol. The fourth-order valence-electron chi connectivity index (χ4n) is 4.07. The third kappa shape index (κ3) is 3.54. The standard InChI is InChI=1S/C23H23N3O5/c1-13-16-10-14(8-9-17(16)24-20(13)28)18(27)12-26-21(29)23(2,25-22(26)30)11-15-6-4-5-7-19(15)31-3/h4-10,13H,11-12H2,1-3H3,(H,24,28)(H,25,30)/t13-,23-/m0/s1. The Kier molecular flexibility index (Phi) is 5.00. The Morgan fingerprint density at radius 2 is 1.90 bits per heavy atom. The maximum atomic E-state index is 13.1. The van der Waals surface area contributed by atoms with Gasteiger partial charge in [0.2, 0.25) is 5.91 Å². The fourth-order valence-corrected chi connectivity index (χ4v) is 4.07. The highest BCUT2D eigenvalue weighted by Crippen LogP contribution is 2.33. The molecule has 0 unspecified atom stereocenters. The summed E-state index contributed by atoms with van der Waals surface area (Å²) in [6.45, 7) is 3.02. The van der Waals surface area contributed by atoms with Crippen molar-refractivity contribution in [1.82, 2.24) is 10.2 Å². The number of nitrogens with one attached hydrogen (secondary N) is 2. The molecule has 4 amide bonds. The van der Waals surface area contributed by atoms with E-state index >= 15 is 0 Å². The van der Waals surface area contributed by atoms with Crippen LogP contribution in [0.3, 0.4) is 0 Å². The SMILES string of the molecule is COc1ccccc1C[C@]1(C)NC(=O)N(CC(=O)c2ccc3c(c2)[C@H](C)C(=O)N3)C1=O. The van der Waals surface area contributed by atoms with Gasteiger partial charge in [0.25, 0.3) is 5.91 Å². The minimum absolute atomic E-state index is 0.124. The molecule has 8 heteroatoms. The van der Waals surface area contributed by atoms with E-state index in [2.05, 4.69) is 10.6 Å². The Labute approximate surface area is 179 Å². The first kappa shape index (κ1) is 20.6. The highest BCUT2D eigenvalue weighted by molar-refractivity contribution is 6.11. The molecule has 2 aliphatic rings. The predicted molar refractivity (Wildman–Crippen MR) is 113 cm³/mol. The van der Waals surface area contributed by atoms with E-state index in [-0.39, 0.29) is 30.6 Å². The normalized spacial score (nSPS) is 22.2. The summed E-state index contributed by atoms with van der Waals surface area (Å²) in [5.41, 5.74) is 1.34. The van der Waals surface area contributed by atoms with E-state index in [1.54, 1.807) is 45.2 Å². The number of para-hydroxylation sites is 1. The Hall–Kier alpha value is -3.68. The highest BCUT2D eigenvalue weighted by Gasteiger charge is 2.48. The van der Waals surface area contributed by atoms with Crippen LogP contribution in [-0.4, -0.2) is 47.7 Å². The van der Waals surface area contributed by atoms with Crippen molar-refractivity contribution >= 4 is 29.3 Å². The minimum atomic E-state index is -1.19. The van der Waals surface area contributed by atoms with E-state index < -0.39 is 17.5 Å². The number of carbonyl (C=O) groups is 4. The van der Waals surface area contributed by atoms with Gasteiger partial charge >= 0.3 is 6.03 Å². The summed E-state index contributed by atoms with van der Waals surface area (Å²) in [5, 5.41) is 5.47. The molecule has 1 fully saturated rings. The third-order valence-corrected chi connectivity index (χ3v) is 5.87. The summed E-state index contributed by atoms with van der Waals surface area (Å²) in [7, 11) is 1.54. The molecule has 0 radical (unpaired) electrons. The van der Waals surface area contributed by atoms with Gasteiger partial charge in [-0.2, -0.15) is 0 Å². The van der Waals surface area contributed by atoms with Crippen molar-refractivity contribution in [3.63, 3.8) is 0 Å². The molecule has 2 aromatic rings. The summed E-state index contributed by atoms with van der Waals surface area (Å²) in [6, 6.07) is 11.6. The van der Waals surface area contributed by atoms with Crippen molar-refractivity contribution in [1.29, 1.82) is 0 Å². The van der Waals surface area contributed by atoms with E-state index in [4.69, 9.17) is 4.74 Å². The smallest absolute Gasteiger partial charge is 0.325 e. The number of ether oxygens (including phenoxy) is 1. The third-order valence-electron chi connectivity index (χ3n) is 5.87. The lowest BCUT2D eigenvalue weighted by molar-refractivity contribution is -0.130. The van der Waals surface area contributed by atoms with Crippen LogP contribution < -0.4 is 15.4 Å². The van der Waals surface area contributed by atoms with Crippen molar-refractivity contribution in [3.8, 4) is 5.75 Å². The Morgan fingerprint density at radius 1 is 1.16 bits per heavy atom. The first-order valence-corrected chi connectivity index (χ1v) is 9.97. The maximum Gasteiger partial charge on any atom is 0.325 e. The topological polar surface area (TPSA) is 105 Å². The van der Waals surface area contributed by atoms with Crippen molar-refractivity contribution in [2.75, 3.05) is 19.0 Å². The number of benzene rings is 2. The number of Topliss-reactive ketones (excluding diaryl/α,β-unsaturated/α-hetero) is 1. The first-order chi connectivity index (χ1) is 14.7. The number of methoxy groups -OCH3 is 1. The lowest BCUT2D eigenvalue weighted by Gasteiger charge is -2.22. The summed E-state index contributed by atoms with van der Waals surface area (Å²) in [5.74, 6) is -0.706. The van der Waals surface area contributed by atoms with Gasteiger partial charge in [0, 0.05) is 17.7 Å². The van der Waals surface area contributed by atoms with E-state index in [1.807, 2.05) is 18.2 Å². The second-order valence-corrected chi connectivity index (χ2v) is 8.08. The van der Waals surface area contributed by atoms with Crippen molar-refractivity contribution in [2.45, 2.75) is 31.7 Å². The largest absolute Gasteiger partial charge is 0.496 e. The Bertz CT molecular complexity index is 1110. The second-order valence-electron chi connectivity index (χ2n) is 8.08. The molecule has 0 spiro atoms. The molecule has 2 aliphatic heterocycles. The van der Waals surface area contributed by atoms with Crippen LogP contribution in [0, 0.1) is 0 Å². The van der Waals surface area contributed by atoms with Crippen LogP contribution in [0.2, 0.25) is 0 Å². The van der Waals surface area contributed by atoms with Gasteiger partial charge in [-0.05, 0) is 49.2 Å². The zero-order valence-electron chi connectivity index (χ0n) is 17.5. The van der Waals surface area contributed by atoms with Crippen LogP contribution in [0.25, 0.3) is 0 Å². The number of hydrogen-bond acceptors (Lipinski definition) is 5. The van der Waals surface area contributed by atoms with E-state index in [0.717, 1.165) is 16.0 Å². The number of nitrogens with zero attached hydrogens (tertiary/aromatic N) is 1. The molecule has 31 heavy (non-hydrogen) atoms. The van der Waals surface area contributed by atoms with Crippen LogP contribution in [0.1, 0.15) is 41.3 Å². The van der Waals surface area contributed by atoms with Gasteiger partial charge in [-0.15, -0.1) is 0 Å². The van der Waals surface area contributed by atoms with Crippen LogP contribution in [0.15, 0.2) is 42.5 Å². The monoisotopic (exact) mass is 421 g/mol. The van der Waals surface area contributed by atoms with Gasteiger partial charge in [0.15, 0.2) is 5.78 Å². The number of hydrogen-bond donors (Lipinski definition) is 2. The lowest BCUT2D eigenvalue weighted by Crippen LogP contribution is -2.46. The maximum absolute atomic E-state index is 13.1. The number of amides is 4. The predicted octanol–water partition coefficient (Wildman–Crippen LogP) is 2.49. The summed E-state index contributed by atoms with van der Waals surface area (Å²) in [6.07, 6.45) is 0.233. The van der Waals surface area contributed by atoms with E-state index in [0.29, 0.717) is 17.0 Å². The van der Waals surface area contributed by atoms with Crippen molar-refractivity contribution < 1.29 is 23.9 Å². The van der Waals surface area contributed by atoms with Crippen LogP contribution in [0.4, 0.5) is 10.5 Å². The molecule has 0 aliphatic carbocycles. The molecule has 8 nitrogen and oxygen atoms in total. The van der Waals surface area contributed by atoms with Crippen LogP contribution in [-0.2, 0) is 16.0 Å². The molecule has 2 atom stereocenters. The molecular formula is C23H23N3O5. The minimum Gasteiger partial charge on any atom is -0.496 e. The average molecular weight is 421 g/mol. The second kappa shape index (κ2) is 7.54. The average Bonchev–Trinajstić information content (AvgIpc) is 3.15. The molecule has 0 bridgehead atoms. The van der Waals surface area contributed by atoms with Crippen LogP contribution >= 0.6 is 0 Å². The van der Waals surface area contributed by atoms with Gasteiger partial charge in [0.1, 0.15) is 11.3 Å². The lowest BCUT2D eigenvalue weighted by atomic mass is 9.92. The molecule has 0 saturated carbocycles. The zero-order chi connectivity index (χ0) is 22.3. The molecule has 0 aromatic heterocycles. The molecule has 1 saturated heterocycles. The number of ketones is 1. The molecule has 2 aromatic carbocycles. The highest BCUT2D eigenvalue weighted by atomic mass is 16.5. The van der Waals surface area contributed by atoms with E-state index in [9.17, 15) is 19.2 Å².